The SMILES string of the molecule is CCCCCNCCC(=O)NCc1ccc2c(c1)OCO2. The van der Waals surface area contributed by atoms with E-state index in [-0.39, 0.29) is 12.7 Å². The first-order valence-electron chi connectivity index (χ1n) is 7.65. The molecular formula is C16H24N2O3. The predicted molar refractivity (Wildman–Crippen MR) is 81.4 cm³/mol. The second-order valence-electron chi connectivity index (χ2n) is 5.17. The smallest absolute Gasteiger partial charge is 0.231 e. The van der Waals surface area contributed by atoms with Crippen molar-refractivity contribution >= 4 is 5.91 Å². The highest BCUT2D eigenvalue weighted by atomic mass is 16.7. The molecule has 0 aliphatic carbocycles. The Balaban J connectivity index is 1.60. The lowest BCUT2D eigenvalue weighted by molar-refractivity contribution is -0.121. The quantitative estimate of drug-likeness (QED) is 0.685. The van der Waals surface area contributed by atoms with Gasteiger partial charge in [0, 0.05) is 19.5 Å². The van der Waals surface area contributed by atoms with Crippen LogP contribution in [0, 0.1) is 0 Å². The van der Waals surface area contributed by atoms with Crippen LogP contribution in [0.4, 0.5) is 0 Å². The van der Waals surface area contributed by atoms with Crippen LogP contribution in [0.2, 0.25) is 0 Å². The third-order valence-electron chi connectivity index (χ3n) is 3.41. The van der Waals surface area contributed by atoms with Gasteiger partial charge in [-0.15, -0.1) is 0 Å². The summed E-state index contributed by atoms with van der Waals surface area (Å²) >= 11 is 0. The number of fused-ring (bicyclic) bond motifs is 1. The lowest BCUT2D eigenvalue weighted by atomic mass is 10.2. The second kappa shape index (κ2) is 8.52. The fourth-order valence-electron chi connectivity index (χ4n) is 2.17. The first kappa shape index (κ1) is 15.6. The summed E-state index contributed by atoms with van der Waals surface area (Å²) in [6.45, 7) is 4.70. The van der Waals surface area contributed by atoms with Crippen molar-refractivity contribution in [2.24, 2.45) is 0 Å². The van der Waals surface area contributed by atoms with E-state index < -0.39 is 0 Å². The molecule has 0 aromatic heterocycles. The molecule has 0 spiro atoms. The molecule has 5 heteroatoms. The number of carbonyl (C=O) groups excluding carboxylic acids is 1. The largest absolute Gasteiger partial charge is 0.454 e. The molecule has 21 heavy (non-hydrogen) atoms. The van der Waals surface area contributed by atoms with Crippen molar-refractivity contribution in [2.75, 3.05) is 19.9 Å². The van der Waals surface area contributed by atoms with Crippen LogP contribution in [0.25, 0.3) is 0 Å². The molecule has 0 bridgehead atoms. The van der Waals surface area contributed by atoms with Gasteiger partial charge in [0.05, 0.1) is 0 Å². The molecule has 5 nitrogen and oxygen atoms in total. The maximum Gasteiger partial charge on any atom is 0.231 e. The Kier molecular flexibility index (Phi) is 6.34. The molecule has 0 radical (unpaired) electrons. The molecule has 0 fully saturated rings. The summed E-state index contributed by atoms with van der Waals surface area (Å²) in [5.41, 5.74) is 1.02. The molecule has 1 aromatic carbocycles. The highest BCUT2D eigenvalue weighted by Crippen LogP contribution is 2.32. The zero-order chi connectivity index (χ0) is 14.9. The lowest BCUT2D eigenvalue weighted by Crippen LogP contribution is -2.27. The molecule has 1 aromatic rings. The van der Waals surface area contributed by atoms with E-state index in [0.717, 1.165) is 30.2 Å². The Morgan fingerprint density at radius 1 is 1.19 bits per heavy atom. The van der Waals surface area contributed by atoms with Gasteiger partial charge in [-0.1, -0.05) is 25.8 Å². The fraction of sp³-hybridized carbons (Fsp3) is 0.562. The van der Waals surface area contributed by atoms with Crippen molar-refractivity contribution < 1.29 is 14.3 Å². The highest BCUT2D eigenvalue weighted by molar-refractivity contribution is 5.76. The van der Waals surface area contributed by atoms with Crippen LogP contribution in [0.1, 0.15) is 38.2 Å². The van der Waals surface area contributed by atoms with Crippen LogP contribution in [-0.2, 0) is 11.3 Å². The number of benzene rings is 1. The van der Waals surface area contributed by atoms with Gasteiger partial charge >= 0.3 is 0 Å². The molecule has 116 valence electrons. The van der Waals surface area contributed by atoms with Crippen molar-refractivity contribution in [3.8, 4) is 11.5 Å². The van der Waals surface area contributed by atoms with Crippen molar-refractivity contribution in [1.82, 2.24) is 10.6 Å². The zero-order valence-electron chi connectivity index (χ0n) is 12.6. The van der Waals surface area contributed by atoms with E-state index in [0.29, 0.717) is 13.0 Å². The van der Waals surface area contributed by atoms with Crippen LogP contribution in [0.5, 0.6) is 11.5 Å². The molecule has 0 saturated carbocycles. The van der Waals surface area contributed by atoms with Gasteiger partial charge in [0.2, 0.25) is 12.7 Å². The van der Waals surface area contributed by atoms with E-state index >= 15 is 0 Å². The monoisotopic (exact) mass is 292 g/mol. The zero-order valence-corrected chi connectivity index (χ0v) is 12.6. The summed E-state index contributed by atoms with van der Waals surface area (Å²) in [6, 6.07) is 5.72. The molecular weight excluding hydrogens is 268 g/mol. The number of carbonyl (C=O) groups is 1. The Bertz CT molecular complexity index is 463. The third kappa shape index (κ3) is 5.27. The van der Waals surface area contributed by atoms with E-state index in [4.69, 9.17) is 9.47 Å². The van der Waals surface area contributed by atoms with Gasteiger partial charge in [0.1, 0.15) is 0 Å². The van der Waals surface area contributed by atoms with Gasteiger partial charge in [0.25, 0.3) is 0 Å². The number of nitrogens with one attached hydrogen (secondary N) is 2. The van der Waals surface area contributed by atoms with Crippen LogP contribution >= 0.6 is 0 Å². The fourth-order valence-corrected chi connectivity index (χ4v) is 2.17. The lowest BCUT2D eigenvalue weighted by Gasteiger charge is -2.07. The van der Waals surface area contributed by atoms with E-state index in [9.17, 15) is 4.79 Å². The van der Waals surface area contributed by atoms with Gasteiger partial charge in [0.15, 0.2) is 11.5 Å². The standard InChI is InChI=1S/C16H24N2O3/c1-2-3-4-8-17-9-7-16(19)18-11-13-5-6-14-15(10-13)21-12-20-14/h5-6,10,17H,2-4,7-9,11-12H2,1H3,(H,18,19). The number of rotatable bonds is 9. The summed E-state index contributed by atoms with van der Waals surface area (Å²) in [6.07, 6.45) is 4.15. The van der Waals surface area contributed by atoms with Gasteiger partial charge < -0.3 is 20.1 Å². The Labute approximate surface area is 126 Å². The Morgan fingerprint density at radius 2 is 2.05 bits per heavy atom. The Morgan fingerprint density at radius 3 is 2.90 bits per heavy atom. The molecule has 0 atom stereocenters. The van der Waals surface area contributed by atoms with Crippen molar-refractivity contribution in [3.05, 3.63) is 23.8 Å². The average molecular weight is 292 g/mol. The molecule has 0 saturated heterocycles. The van der Waals surface area contributed by atoms with Crippen LogP contribution in [0.3, 0.4) is 0 Å². The normalized spacial score (nSPS) is 12.4. The molecule has 0 unspecified atom stereocenters. The number of hydrogen-bond acceptors (Lipinski definition) is 4. The van der Waals surface area contributed by atoms with Crippen molar-refractivity contribution in [2.45, 2.75) is 39.2 Å². The maximum atomic E-state index is 11.7. The van der Waals surface area contributed by atoms with Gasteiger partial charge in [-0.25, -0.2) is 0 Å². The number of unbranched alkanes of at least 4 members (excludes halogenated alkanes) is 2. The molecule has 1 heterocycles. The van der Waals surface area contributed by atoms with Crippen LogP contribution in [0.15, 0.2) is 18.2 Å². The first-order valence-corrected chi connectivity index (χ1v) is 7.65. The minimum atomic E-state index is 0.0654. The predicted octanol–water partition coefficient (Wildman–Crippen LogP) is 2.20. The first-order chi connectivity index (χ1) is 10.3. The summed E-state index contributed by atoms with van der Waals surface area (Å²) in [7, 11) is 0. The summed E-state index contributed by atoms with van der Waals surface area (Å²) in [5.74, 6) is 1.58. The molecule has 2 rings (SSSR count). The minimum Gasteiger partial charge on any atom is -0.454 e. The number of hydrogen-bond donors (Lipinski definition) is 2. The molecule has 1 aliphatic rings. The molecule has 1 aliphatic heterocycles. The van der Waals surface area contributed by atoms with E-state index in [2.05, 4.69) is 17.6 Å². The van der Waals surface area contributed by atoms with Crippen molar-refractivity contribution in [3.63, 3.8) is 0 Å². The van der Waals surface area contributed by atoms with Crippen LogP contribution in [-0.4, -0.2) is 25.8 Å². The summed E-state index contributed by atoms with van der Waals surface area (Å²) in [4.78, 5) is 11.7. The average Bonchev–Trinajstić information content (AvgIpc) is 2.96. The minimum absolute atomic E-state index is 0.0654. The molecule has 2 N–H and O–H groups in total. The van der Waals surface area contributed by atoms with Gasteiger partial charge in [-0.2, -0.15) is 0 Å². The number of amides is 1. The topological polar surface area (TPSA) is 59.6 Å². The van der Waals surface area contributed by atoms with Gasteiger partial charge in [-0.3, -0.25) is 4.79 Å². The summed E-state index contributed by atoms with van der Waals surface area (Å²) < 4.78 is 10.6. The van der Waals surface area contributed by atoms with Gasteiger partial charge in [-0.05, 0) is 30.7 Å². The number of ether oxygens (including phenoxy) is 2. The van der Waals surface area contributed by atoms with E-state index in [1.165, 1.54) is 19.3 Å². The highest BCUT2D eigenvalue weighted by Gasteiger charge is 2.13. The summed E-state index contributed by atoms with van der Waals surface area (Å²) in [5, 5.41) is 6.20. The maximum absolute atomic E-state index is 11.7. The second-order valence-corrected chi connectivity index (χ2v) is 5.17. The third-order valence-corrected chi connectivity index (χ3v) is 3.41. The van der Waals surface area contributed by atoms with Crippen LogP contribution < -0.4 is 20.1 Å². The van der Waals surface area contributed by atoms with E-state index in [1.807, 2.05) is 18.2 Å². The van der Waals surface area contributed by atoms with Crippen molar-refractivity contribution in [1.29, 1.82) is 0 Å². The molecule has 1 amide bonds. The Hall–Kier alpha value is -1.75. The van der Waals surface area contributed by atoms with E-state index in [1.54, 1.807) is 0 Å².